The summed E-state index contributed by atoms with van der Waals surface area (Å²) in [5.41, 5.74) is 3.57. The second-order valence-electron chi connectivity index (χ2n) is 7.32. The lowest BCUT2D eigenvalue weighted by Crippen LogP contribution is -2.28. The predicted molar refractivity (Wildman–Crippen MR) is 122 cm³/mol. The molecule has 25 heavy (non-hydrogen) atoms. The zero-order valence-corrected chi connectivity index (χ0v) is 19.7. The molecule has 0 saturated heterocycles. The van der Waals surface area contributed by atoms with Gasteiger partial charge in [0.25, 0.3) is 0 Å². The third kappa shape index (κ3) is 9.26. The van der Waals surface area contributed by atoms with Crippen LogP contribution in [0.3, 0.4) is 0 Å². The van der Waals surface area contributed by atoms with E-state index >= 15 is 0 Å². The van der Waals surface area contributed by atoms with Gasteiger partial charge in [-0.15, -0.1) is 0 Å². The van der Waals surface area contributed by atoms with Crippen molar-refractivity contribution in [1.82, 2.24) is 0 Å². The van der Waals surface area contributed by atoms with Gasteiger partial charge in [0.05, 0.1) is 0 Å². The first-order chi connectivity index (χ1) is 12.4. The average molecular weight is 371 g/mol. The minimum Gasteiger partial charge on any atom is -0.0971 e. The molecule has 0 N–H and O–H groups in total. The Morgan fingerprint density at radius 2 is 0.560 bits per heavy atom. The highest BCUT2D eigenvalue weighted by molar-refractivity contribution is 7.59. The quantitative estimate of drug-likeness (QED) is 0.434. The van der Waals surface area contributed by atoms with Crippen molar-refractivity contribution >= 4 is 7.92 Å². The number of rotatable bonds is 3. The minimum absolute atomic E-state index is 0.385. The van der Waals surface area contributed by atoms with Crippen LogP contribution >= 0.6 is 7.92 Å². The summed E-state index contributed by atoms with van der Waals surface area (Å²) in [5, 5.41) is 0. The molecule has 0 radical (unpaired) electrons. The third-order valence-electron chi connectivity index (χ3n) is 5.99. The van der Waals surface area contributed by atoms with Crippen LogP contribution in [0.25, 0.3) is 0 Å². The summed E-state index contributed by atoms with van der Waals surface area (Å²) in [6, 6.07) is 0. The van der Waals surface area contributed by atoms with Gasteiger partial charge in [0.15, 0.2) is 0 Å². The second kappa shape index (κ2) is 17.8. The molecular formula is C24H51P. The molecule has 0 nitrogen and oxygen atoms in total. The van der Waals surface area contributed by atoms with Gasteiger partial charge in [-0.05, 0) is 55.5 Å². The Morgan fingerprint density at radius 1 is 0.360 bits per heavy atom. The van der Waals surface area contributed by atoms with Crippen LogP contribution < -0.4 is 0 Å². The summed E-state index contributed by atoms with van der Waals surface area (Å²) in [7, 11) is 0.385. The molecule has 3 rings (SSSR count). The summed E-state index contributed by atoms with van der Waals surface area (Å²) in [5.74, 6) is 0. The standard InChI is InChI=1S/C18H33P.3C2H6/c1-4-10-16(11-5-1)19(17-12-6-2-7-13-17)18-14-8-3-9-15-18;3*1-2/h16-18H,1-15H2;3*1-2H3. The van der Waals surface area contributed by atoms with E-state index in [0.29, 0.717) is 7.92 Å². The zero-order chi connectivity index (χ0) is 18.9. The molecule has 3 aliphatic carbocycles. The van der Waals surface area contributed by atoms with Crippen LogP contribution in [0.2, 0.25) is 0 Å². The maximum atomic E-state index is 2.00. The lowest BCUT2D eigenvalue weighted by atomic mass is 9.99. The predicted octanol–water partition coefficient (Wildman–Crippen LogP) is 9.54. The molecule has 0 aromatic rings. The first-order valence-corrected chi connectivity index (χ1v) is 13.8. The number of hydrogen-bond donors (Lipinski definition) is 0. The highest BCUT2D eigenvalue weighted by atomic mass is 31.1. The fourth-order valence-electron chi connectivity index (χ4n) is 5.03. The SMILES string of the molecule is C1CCC(P(C2CCCCC2)C2CCCCC2)CC1.CC.CC.CC. The smallest absolute Gasteiger partial charge is 0.0204 e. The molecule has 0 aromatic heterocycles. The molecule has 0 atom stereocenters. The second-order valence-corrected chi connectivity index (χ2v) is 10.4. The Labute approximate surface area is 163 Å². The molecule has 0 heterocycles. The molecule has 0 unspecified atom stereocenters. The Kier molecular flexibility index (Phi) is 18.1. The zero-order valence-electron chi connectivity index (χ0n) is 18.8. The lowest BCUT2D eigenvalue weighted by molar-refractivity contribution is 0.460. The van der Waals surface area contributed by atoms with E-state index < -0.39 is 0 Å². The molecule has 0 amide bonds. The minimum atomic E-state index is 0.385. The average Bonchev–Trinajstić information content (AvgIpc) is 2.75. The van der Waals surface area contributed by atoms with E-state index in [0.717, 1.165) is 0 Å². The van der Waals surface area contributed by atoms with Crippen LogP contribution in [0.1, 0.15) is 138 Å². The van der Waals surface area contributed by atoms with Gasteiger partial charge < -0.3 is 0 Å². The van der Waals surface area contributed by atoms with E-state index in [1.807, 2.05) is 41.5 Å². The molecule has 0 aromatic carbocycles. The van der Waals surface area contributed by atoms with Crippen molar-refractivity contribution < 1.29 is 0 Å². The van der Waals surface area contributed by atoms with E-state index in [1.54, 1.807) is 77.0 Å². The van der Waals surface area contributed by atoms with Gasteiger partial charge in [-0.2, -0.15) is 0 Å². The fourth-order valence-corrected chi connectivity index (χ4v) is 9.71. The normalized spacial score (nSPS) is 22.7. The maximum Gasteiger partial charge on any atom is -0.0204 e. The van der Waals surface area contributed by atoms with E-state index in [9.17, 15) is 0 Å². The van der Waals surface area contributed by atoms with Crippen molar-refractivity contribution in [2.24, 2.45) is 0 Å². The number of hydrogen-bond acceptors (Lipinski definition) is 0. The summed E-state index contributed by atoms with van der Waals surface area (Å²) >= 11 is 0. The van der Waals surface area contributed by atoms with E-state index in [2.05, 4.69) is 0 Å². The van der Waals surface area contributed by atoms with Crippen molar-refractivity contribution in [3.8, 4) is 0 Å². The Bertz CT molecular complexity index is 202. The van der Waals surface area contributed by atoms with Crippen molar-refractivity contribution in [2.75, 3.05) is 0 Å². The first-order valence-electron chi connectivity index (χ1n) is 12.2. The van der Waals surface area contributed by atoms with Crippen LogP contribution in [0.15, 0.2) is 0 Å². The van der Waals surface area contributed by atoms with Gasteiger partial charge in [-0.1, -0.05) is 107 Å². The summed E-state index contributed by atoms with van der Waals surface area (Å²) < 4.78 is 0. The largest absolute Gasteiger partial charge is 0.0971 e. The summed E-state index contributed by atoms with van der Waals surface area (Å²) in [6.45, 7) is 12.0. The van der Waals surface area contributed by atoms with Crippen LogP contribution in [0, 0.1) is 0 Å². The van der Waals surface area contributed by atoms with E-state index in [4.69, 9.17) is 0 Å². The van der Waals surface area contributed by atoms with Gasteiger partial charge in [0.1, 0.15) is 0 Å². The molecule has 0 aliphatic heterocycles. The third-order valence-corrected chi connectivity index (χ3v) is 10.1. The van der Waals surface area contributed by atoms with E-state index in [1.165, 1.54) is 36.2 Å². The van der Waals surface area contributed by atoms with E-state index in [-0.39, 0.29) is 0 Å². The molecular weight excluding hydrogens is 319 g/mol. The van der Waals surface area contributed by atoms with Crippen LogP contribution in [-0.4, -0.2) is 17.0 Å². The Morgan fingerprint density at radius 3 is 0.760 bits per heavy atom. The van der Waals surface area contributed by atoms with Crippen LogP contribution in [0.5, 0.6) is 0 Å². The fraction of sp³-hybridized carbons (Fsp3) is 1.00. The van der Waals surface area contributed by atoms with Crippen LogP contribution in [-0.2, 0) is 0 Å². The lowest BCUT2D eigenvalue weighted by Gasteiger charge is -2.44. The van der Waals surface area contributed by atoms with Crippen molar-refractivity contribution in [2.45, 2.75) is 155 Å². The van der Waals surface area contributed by atoms with Crippen molar-refractivity contribution in [3.63, 3.8) is 0 Å². The Hall–Kier alpha value is 0.430. The molecule has 0 bridgehead atoms. The highest BCUT2D eigenvalue weighted by Gasteiger charge is 2.36. The molecule has 1 heteroatoms. The highest BCUT2D eigenvalue weighted by Crippen LogP contribution is 2.61. The van der Waals surface area contributed by atoms with Crippen molar-refractivity contribution in [3.05, 3.63) is 0 Å². The molecule has 3 aliphatic rings. The van der Waals surface area contributed by atoms with Gasteiger partial charge >= 0.3 is 0 Å². The van der Waals surface area contributed by atoms with Gasteiger partial charge in [0.2, 0.25) is 0 Å². The Balaban J connectivity index is 0.000000871. The van der Waals surface area contributed by atoms with Gasteiger partial charge in [-0.25, -0.2) is 0 Å². The maximum absolute atomic E-state index is 2.00. The monoisotopic (exact) mass is 370 g/mol. The molecule has 152 valence electrons. The molecule has 0 spiro atoms. The topological polar surface area (TPSA) is 0 Å². The summed E-state index contributed by atoms with van der Waals surface area (Å²) in [6.07, 6.45) is 23.6. The van der Waals surface area contributed by atoms with Crippen molar-refractivity contribution in [1.29, 1.82) is 0 Å². The first kappa shape index (κ1) is 25.4. The van der Waals surface area contributed by atoms with Gasteiger partial charge in [0, 0.05) is 0 Å². The molecule has 3 saturated carbocycles. The summed E-state index contributed by atoms with van der Waals surface area (Å²) in [4.78, 5) is 0. The van der Waals surface area contributed by atoms with Gasteiger partial charge in [-0.3, -0.25) is 0 Å². The van der Waals surface area contributed by atoms with Crippen LogP contribution in [0.4, 0.5) is 0 Å². The molecule has 3 fully saturated rings.